The molecule has 1 aromatic rings. The Bertz CT molecular complexity index is 469. The highest BCUT2D eigenvalue weighted by molar-refractivity contribution is 5.79. The molecule has 1 saturated heterocycles. The van der Waals surface area contributed by atoms with Crippen LogP contribution in [0, 0.1) is 6.92 Å². The van der Waals surface area contributed by atoms with Crippen molar-refractivity contribution in [2.75, 3.05) is 6.54 Å². The molecular weight excluding hydrogens is 242 g/mol. The van der Waals surface area contributed by atoms with Gasteiger partial charge in [0.05, 0.1) is 5.69 Å². The van der Waals surface area contributed by atoms with Crippen LogP contribution in [0.2, 0.25) is 0 Å². The highest BCUT2D eigenvalue weighted by Gasteiger charge is 2.46. The maximum Gasteiger partial charge on any atom is 0.324 e. The van der Waals surface area contributed by atoms with Gasteiger partial charge >= 0.3 is 5.97 Å². The van der Waals surface area contributed by atoms with Crippen molar-refractivity contribution in [2.24, 2.45) is 7.05 Å². The van der Waals surface area contributed by atoms with Crippen molar-refractivity contribution in [1.82, 2.24) is 14.7 Å². The fourth-order valence-electron chi connectivity index (χ4n) is 3.22. The number of carbonyl (C=O) groups is 1. The third-order valence-electron chi connectivity index (χ3n) is 4.16. The lowest BCUT2D eigenvalue weighted by Crippen LogP contribution is -2.50. The van der Waals surface area contributed by atoms with Gasteiger partial charge in [-0.2, -0.15) is 5.10 Å². The van der Waals surface area contributed by atoms with E-state index in [1.54, 1.807) is 4.68 Å². The Balaban J connectivity index is 2.22. The molecular formula is C14H23N3O2. The molecule has 0 amide bonds. The van der Waals surface area contributed by atoms with Crippen LogP contribution in [-0.4, -0.2) is 37.8 Å². The summed E-state index contributed by atoms with van der Waals surface area (Å²) in [6, 6.07) is 0. The predicted molar refractivity (Wildman–Crippen MR) is 72.9 cm³/mol. The molecule has 1 unspecified atom stereocenters. The van der Waals surface area contributed by atoms with E-state index in [-0.39, 0.29) is 0 Å². The first-order chi connectivity index (χ1) is 8.99. The van der Waals surface area contributed by atoms with Crippen molar-refractivity contribution in [2.45, 2.75) is 51.6 Å². The number of rotatable bonds is 5. The first-order valence-electron chi connectivity index (χ1n) is 6.97. The quantitative estimate of drug-likeness (QED) is 0.884. The van der Waals surface area contributed by atoms with Crippen LogP contribution in [0.15, 0.2) is 6.20 Å². The molecule has 1 fully saturated rings. The lowest BCUT2D eigenvalue weighted by Gasteiger charge is -2.34. The van der Waals surface area contributed by atoms with Crippen LogP contribution in [0.4, 0.5) is 0 Å². The van der Waals surface area contributed by atoms with Crippen molar-refractivity contribution in [3.8, 4) is 0 Å². The van der Waals surface area contributed by atoms with Crippen LogP contribution in [0.5, 0.6) is 0 Å². The molecule has 2 rings (SSSR count). The number of aliphatic carboxylic acids is 1. The molecule has 0 aliphatic carbocycles. The number of aryl methyl sites for hydroxylation is 2. The minimum Gasteiger partial charge on any atom is -0.480 e. The molecule has 0 radical (unpaired) electrons. The number of carboxylic acids is 1. The van der Waals surface area contributed by atoms with Crippen molar-refractivity contribution < 1.29 is 9.90 Å². The van der Waals surface area contributed by atoms with Crippen molar-refractivity contribution in [1.29, 1.82) is 0 Å². The smallest absolute Gasteiger partial charge is 0.324 e. The SMILES string of the molecule is CCCC1(C(=O)O)CCCN1Cc1cn(C)nc1C. The largest absolute Gasteiger partial charge is 0.480 e. The third kappa shape index (κ3) is 2.52. The summed E-state index contributed by atoms with van der Waals surface area (Å²) < 4.78 is 1.79. The van der Waals surface area contributed by atoms with Gasteiger partial charge in [-0.05, 0) is 32.7 Å². The lowest BCUT2D eigenvalue weighted by atomic mass is 9.90. The number of aromatic nitrogens is 2. The maximum absolute atomic E-state index is 11.7. The zero-order valence-electron chi connectivity index (χ0n) is 12.0. The van der Waals surface area contributed by atoms with Crippen LogP contribution in [0.25, 0.3) is 0 Å². The highest BCUT2D eigenvalue weighted by atomic mass is 16.4. The molecule has 19 heavy (non-hydrogen) atoms. The van der Waals surface area contributed by atoms with E-state index in [0.717, 1.165) is 43.5 Å². The molecule has 2 heterocycles. The Hall–Kier alpha value is -1.36. The van der Waals surface area contributed by atoms with Crippen LogP contribution < -0.4 is 0 Å². The molecule has 106 valence electrons. The molecule has 0 saturated carbocycles. The maximum atomic E-state index is 11.7. The number of hydrogen-bond acceptors (Lipinski definition) is 3. The normalized spacial score (nSPS) is 23.9. The number of nitrogens with zero attached hydrogens (tertiary/aromatic N) is 3. The van der Waals surface area contributed by atoms with Gasteiger partial charge in [0.25, 0.3) is 0 Å². The summed E-state index contributed by atoms with van der Waals surface area (Å²) in [5, 5.41) is 14.0. The summed E-state index contributed by atoms with van der Waals surface area (Å²) in [5.41, 5.74) is 1.45. The summed E-state index contributed by atoms with van der Waals surface area (Å²) in [4.78, 5) is 13.9. The van der Waals surface area contributed by atoms with E-state index >= 15 is 0 Å². The highest BCUT2D eigenvalue weighted by Crippen LogP contribution is 2.35. The van der Waals surface area contributed by atoms with E-state index in [1.807, 2.05) is 20.2 Å². The Morgan fingerprint density at radius 3 is 2.84 bits per heavy atom. The fourth-order valence-corrected chi connectivity index (χ4v) is 3.22. The van der Waals surface area contributed by atoms with E-state index in [0.29, 0.717) is 6.54 Å². The number of carboxylic acid groups (broad SMARTS) is 1. The molecule has 1 aliphatic heterocycles. The van der Waals surface area contributed by atoms with E-state index in [1.165, 1.54) is 0 Å². The van der Waals surface area contributed by atoms with Gasteiger partial charge in [-0.25, -0.2) is 0 Å². The summed E-state index contributed by atoms with van der Waals surface area (Å²) in [5.74, 6) is -0.673. The zero-order chi connectivity index (χ0) is 14.0. The summed E-state index contributed by atoms with van der Waals surface area (Å²) in [6.45, 7) is 5.58. The molecule has 1 N–H and O–H groups in total. The van der Waals surface area contributed by atoms with Crippen molar-refractivity contribution >= 4 is 5.97 Å². The molecule has 0 bridgehead atoms. The zero-order valence-corrected chi connectivity index (χ0v) is 12.0. The van der Waals surface area contributed by atoms with E-state index in [4.69, 9.17) is 0 Å². The molecule has 1 aliphatic rings. The van der Waals surface area contributed by atoms with Gasteiger partial charge in [0, 0.05) is 25.4 Å². The Morgan fingerprint density at radius 1 is 1.58 bits per heavy atom. The molecule has 5 heteroatoms. The van der Waals surface area contributed by atoms with Gasteiger partial charge in [-0.1, -0.05) is 13.3 Å². The van der Waals surface area contributed by atoms with E-state index < -0.39 is 11.5 Å². The van der Waals surface area contributed by atoms with Crippen LogP contribution in [0.3, 0.4) is 0 Å². The monoisotopic (exact) mass is 265 g/mol. The first-order valence-corrected chi connectivity index (χ1v) is 6.97. The second-order valence-corrected chi connectivity index (χ2v) is 5.53. The topological polar surface area (TPSA) is 58.4 Å². The lowest BCUT2D eigenvalue weighted by molar-refractivity contribution is -0.150. The molecule has 1 aromatic heterocycles. The molecule has 5 nitrogen and oxygen atoms in total. The van der Waals surface area contributed by atoms with Gasteiger partial charge in [0.1, 0.15) is 5.54 Å². The van der Waals surface area contributed by atoms with Gasteiger partial charge in [-0.3, -0.25) is 14.4 Å². The molecule has 1 atom stereocenters. The number of likely N-dealkylation sites (tertiary alicyclic amines) is 1. The Labute approximate surface area is 114 Å². The van der Waals surface area contributed by atoms with Crippen LogP contribution in [-0.2, 0) is 18.4 Å². The average Bonchev–Trinajstić information content (AvgIpc) is 2.86. The van der Waals surface area contributed by atoms with Gasteiger partial charge in [0.2, 0.25) is 0 Å². The Morgan fingerprint density at radius 2 is 2.32 bits per heavy atom. The minimum absolute atomic E-state index is 0.670. The second-order valence-electron chi connectivity index (χ2n) is 5.53. The van der Waals surface area contributed by atoms with Crippen LogP contribution in [0.1, 0.15) is 43.9 Å². The third-order valence-corrected chi connectivity index (χ3v) is 4.16. The van der Waals surface area contributed by atoms with Crippen LogP contribution >= 0.6 is 0 Å². The van der Waals surface area contributed by atoms with Crippen molar-refractivity contribution in [3.63, 3.8) is 0 Å². The van der Waals surface area contributed by atoms with E-state index in [9.17, 15) is 9.90 Å². The van der Waals surface area contributed by atoms with E-state index in [2.05, 4.69) is 16.9 Å². The van der Waals surface area contributed by atoms with Gasteiger partial charge < -0.3 is 5.11 Å². The van der Waals surface area contributed by atoms with Gasteiger partial charge in [0.15, 0.2) is 0 Å². The molecule has 0 aromatic carbocycles. The fraction of sp³-hybridized carbons (Fsp3) is 0.714. The summed E-state index contributed by atoms with van der Waals surface area (Å²) in [7, 11) is 1.90. The second kappa shape index (κ2) is 5.33. The van der Waals surface area contributed by atoms with Crippen molar-refractivity contribution in [3.05, 3.63) is 17.5 Å². The standard InChI is InChI=1S/C14H23N3O2/c1-4-6-14(13(18)19)7-5-8-17(14)10-12-9-16(3)15-11(12)2/h9H,4-8,10H2,1-3H3,(H,18,19). The summed E-state index contributed by atoms with van der Waals surface area (Å²) in [6.07, 6.45) is 5.34. The number of hydrogen-bond donors (Lipinski definition) is 1. The average molecular weight is 265 g/mol. The first kappa shape index (κ1) is 14.1. The van der Waals surface area contributed by atoms with Gasteiger partial charge in [-0.15, -0.1) is 0 Å². The molecule has 0 spiro atoms. The summed E-state index contributed by atoms with van der Waals surface area (Å²) >= 11 is 0. The Kier molecular flexibility index (Phi) is 3.94. The predicted octanol–water partition coefficient (Wildman–Crippen LogP) is 1.95. The minimum atomic E-state index is -0.673.